The summed E-state index contributed by atoms with van der Waals surface area (Å²) < 4.78 is 39.8. The van der Waals surface area contributed by atoms with Crippen molar-refractivity contribution in [1.82, 2.24) is 5.32 Å². The summed E-state index contributed by atoms with van der Waals surface area (Å²) in [5, 5.41) is 6.54. The lowest BCUT2D eigenvalue weighted by molar-refractivity contribution is 0.599. The molecular formula is C16H18FN3O2S2. The fourth-order valence-corrected chi connectivity index (χ4v) is 3.29. The van der Waals surface area contributed by atoms with Gasteiger partial charge in [0.05, 0.1) is 4.90 Å². The zero-order valence-electron chi connectivity index (χ0n) is 13.2. The summed E-state index contributed by atoms with van der Waals surface area (Å²) in [6, 6.07) is 11.5. The molecule has 0 radical (unpaired) electrons. The number of halogens is 1. The van der Waals surface area contributed by atoms with Gasteiger partial charge in [0.2, 0.25) is 0 Å². The van der Waals surface area contributed by atoms with Crippen molar-refractivity contribution in [3.8, 4) is 0 Å². The van der Waals surface area contributed by atoms with Gasteiger partial charge in [0.1, 0.15) is 5.82 Å². The van der Waals surface area contributed by atoms with Crippen molar-refractivity contribution in [2.75, 3.05) is 10.0 Å². The van der Waals surface area contributed by atoms with E-state index in [4.69, 9.17) is 12.2 Å². The molecule has 0 atom stereocenters. The molecule has 2 rings (SSSR count). The van der Waals surface area contributed by atoms with E-state index in [1.54, 1.807) is 24.3 Å². The van der Waals surface area contributed by atoms with E-state index in [1.165, 1.54) is 12.1 Å². The minimum atomic E-state index is -3.76. The van der Waals surface area contributed by atoms with E-state index in [1.807, 2.05) is 13.8 Å². The number of benzene rings is 2. The van der Waals surface area contributed by atoms with Crippen molar-refractivity contribution >= 4 is 38.7 Å². The van der Waals surface area contributed by atoms with E-state index in [9.17, 15) is 12.8 Å². The molecule has 0 heterocycles. The molecule has 0 spiro atoms. The molecular weight excluding hydrogens is 349 g/mol. The number of nitrogens with one attached hydrogen (secondary N) is 3. The molecule has 2 aromatic rings. The molecule has 0 amide bonds. The molecule has 3 N–H and O–H groups in total. The summed E-state index contributed by atoms with van der Waals surface area (Å²) in [6.45, 7) is 3.95. The molecule has 0 saturated carbocycles. The van der Waals surface area contributed by atoms with Gasteiger partial charge in [-0.1, -0.05) is 0 Å². The van der Waals surface area contributed by atoms with Crippen molar-refractivity contribution in [2.24, 2.45) is 0 Å². The molecule has 0 aromatic heterocycles. The van der Waals surface area contributed by atoms with Crippen LogP contribution in [0.3, 0.4) is 0 Å². The first kappa shape index (κ1) is 18.2. The lowest BCUT2D eigenvalue weighted by Crippen LogP contribution is -2.33. The Kier molecular flexibility index (Phi) is 5.74. The van der Waals surface area contributed by atoms with E-state index in [0.717, 1.165) is 17.8 Å². The monoisotopic (exact) mass is 367 g/mol. The quantitative estimate of drug-likeness (QED) is 0.707. The maximum atomic E-state index is 12.9. The van der Waals surface area contributed by atoms with E-state index in [2.05, 4.69) is 15.4 Å². The third-order valence-corrected chi connectivity index (χ3v) is 4.56. The second-order valence-corrected chi connectivity index (χ2v) is 7.48. The summed E-state index contributed by atoms with van der Waals surface area (Å²) >= 11 is 5.14. The highest BCUT2D eigenvalue weighted by Gasteiger charge is 2.14. The Balaban J connectivity index is 2.05. The van der Waals surface area contributed by atoms with Gasteiger partial charge in [-0.05, 0) is 74.6 Å². The van der Waals surface area contributed by atoms with Crippen LogP contribution in [-0.4, -0.2) is 19.6 Å². The average molecular weight is 367 g/mol. The van der Waals surface area contributed by atoms with Gasteiger partial charge >= 0.3 is 0 Å². The van der Waals surface area contributed by atoms with Gasteiger partial charge in [-0.3, -0.25) is 4.72 Å². The molecule has 0 bridgehead atoms. The number of rotatable bonds is 5. The highest BCUT2D eigenvalue weighted by atomic mass is 32.2. The third kappa shape index (κ3) is 5.17. The molecule has 0 aliphatic heterocycles. The van der Waals surface area contributed by atoms with E-state index in [-0.39, 0.29) is 10.9 Å². The fourth-order valence-electron chi connectivity index (χ4n) is 1.88. The van der Waals surface area contributed by atoms with Crippen LogP contribution in [0.1, 0.15) is 13.8 Å². The molecule has 0 unspecified atom stereocenters. The van der Waals surface area contributed by atoms with Crippen LogP contribution in [0, 0.1) is 5.82 Å². The van der Waals surface area contributed by atoms with Crippen LogP contribution in [0.15, 0.2) is 53.4 Å². The maximum Gasteiger partial charge on any atom is 0.261 e. The van der Waals surface area contributed by atoms with Gasteiger partial charge in [0.25, 0.3) is 10.0 Å². The lowest BCUT2D eigenvalue weighted by Gasteiger charge is -2.13. The Morgan fingerprint density at radius 2 is 1.54 bits per heavy atom. The SMILES string of the molecule is CC(C)NC(=S)Nc1ccc(NS(=O)(=O)c2ccc(F)cc2)cc1. The first-order valence-corrected chi connectivity index (χ1v) is 9.11. The summed E-state index contributed by atoms with van der Waals surface area (Å²) in [7, 11) is -3.76. The van der Waals surface area contributed by atoms with Crippen molar-refractivity contribution in [1.29, 1.82) is 0 Å². The standard InChI is InChI=1S/C16H18FN3O2S2/c1-11(2)18-16(23)19-13-5-7-14(8-6-13)20-24(21,22)15-9-3-12(17)4-10-15/h3-11,20H,1-2H3,(H2,18,19,23). The fraction of sp³-hybridized carbons (Fsp3) is 0.188. The van der Waals surface area contributed by atoms with Gasteiger partial charge in [0, 0.05) is 17.4 Å². The summed E-state index contributed by atoms with van der Waals surface area (Å²) in [5.74, 6) is -0.490. The van der Waals surface area contributed by atoms with E-state index in [0.29, 0.717) is 10.8 Å². The average Bonchev–Trinajstić information content (AvgIpc) is 2.48. The van der Waals surface area contributed by atoms with Crippen molar-refractivity contribution in [3.63, 3.8) is 0 Å². The zero-order chi connectivity index (χ0) is 17.7. The van der Waals surface area contributed by atoms with Gasteiger partial charge < -0.3 is 10.6 Å². The van der Waals surface area contributed by atoms with Crippen molar-refractivity contribution in [3.05, 3.63) is 54.3 Å². The van der Waals surface area contributed by atoms with Crippen LogP contribution in [0.4, 0.5) is 15.8 Å². The van der Waals surface area contributed by atoms with Crippen LogP contribution >= 0.6 is 12.2 Å². The van der Waals surface area contributed by atoms with E-state index >= 15 is 0 Å². The zero-order valence-corrected chi connectivity index (χ0v) is 14.8. The molecule has 5 nitrogen and oxygen atoms in total. The van der Waals surface area contributed by atoms with Gasteiger partial charge in [-0.15, -0.1) is 0 Å². The van der Waals surface area contributed by atoms with E-state index < -0.39 is 15.8 Å². The lowest BCUT2D eigenvalue weighted by atomic mass is 10.3. The molecule has 0 aliphatic rings. The third-order valence-electron chi connectivity index (χ3n) is 2.94. The van der Waals surface area contributed by atoms with Crippen molar-refractivity contribution < 1.29 is 12.8 Å². The summed E-state index contributed by atoms with van der Waals surface area (Å²) in [5.41, 5.74) is 1.13. The predicted octanol–water partition coefficient (Wildman–Crippen LogP) is 3.32. The van der Waals surface area contributed by atoms with Gasteiger partial charge in [-0.25, -0.2) is 12.8 Å². The molecule has 8 heteroatoms. The summed E-state index contributed by atoms with van der Waals surface area (Å²) in [4.78, 5) is -0.00610. The molecule has 128 valence electrons. The minimum Gasteiger partial charge on any atom is -0.360 e. The largest absolute Gasteiger partial charge is 0.360 e. The first-order chi connectivity index (χ1) is 11.3. The smallest absolute Gasteiger partial charge is 0.261 e. The Hall–Kier alpha value is -2.19. The molecule has 24 heavy (non-hydrogen) atoms. The Bertz CT molecular complexity index is 804. The number of hydrogen-bond acceptors (Lipinski definition) is 3. The second kappa shape index (κ2) is 7.59. The molecule has 0 aliphatic carbocycles. The number of anilines is 2. The molecule has 0 saturated heterocycles. The number of hydrogen-bond donors (Lipinski definition) is 3. The first-order valence-electron chi connectivity index (χ1n) is 7.22. The minimum absolute atomic E-state index is 0.00610. The van der Waals surface area contributed by atoms with Crippen LogP contribution < -0.4 is 15.4 Å². The van der Waals surface area contributed by atoms with Crippen LogP contribution in [-0.2, 0) is 10.0 Å². The number of thiocarbonyl (C=S) groups is 1. The van der Waals surface area contributed by atoms with Crippen molar-refractivity contribution in [2.45, 2.75) is 24.8 Å². The molecule has 0 fully saturated rings. The van der Waals surface area contributed by atoms with Gasteiger partial charge in [-0.2, -0.15) is 0 Å². The highest BCUT2D eigenvalue weighted by molar-refractivity contribution is 7.92. The topological polar surface area (TPSA) is 70.2 Å². The predicted molar refractivity (Wildman–Crippen MR) is 98.1 cm³/mol. The van der Waals surface area contributed by atoms with Crippen LogP contribution in [0.5, 0.6) is 0 Å². The molecule has 2 aromatic carbocycles. The van der Waals surface area contributed by atoms with Crippen LogP contribution in [0.2, 0.25) is 0 Å². The Morgan fingerprint density at radius 3 is 2.08 bits per heavy atom. The second-order valence-electron chi connectivity index (χ2n) is 5.39. The van der Waals surface area contributed by atoms with Crippen LogP contribution in [0.25, 0.3) is 0 Å². The Morgan fingerprint density at radius 1 is 1.00 bits per heavy atom. The maximum absolute atomic E-state index is 12.9. The highest BCUT2D eigenvalue weighted by Crippen LogP contribution is 2.18. The Labute approximate surface area is 146 Å². The van der Waals surface area contributed by atoms with Gasteiger partial charge in [0.15, 0.2) is 5.11 Å². The summed E-state index contributed by atoms with van der Waals surface area (Å²) in [6.07, 6.45) is 0. The normalized spacial score (nSPS) is 11.2. The number of sulfonamides is 1.